The van der Waals surface area contributed by atoms with Gasteiger partial charge in [0.05, 0.1) is 19.9 Å². The fourth-order valence-electron chi connectivity index (χ4n) is 1.67. The molecule has 0 unspecified atom stereocenters. The maximum atomic E-state index is 5.61. The van der Waals surface area contributed by atoms with Crippen molar-refractivity contribution in [3.8, 4) is 11.6 Å². The largest absolute Gasteiger partial charge is 0.494 e. The van der Waals surface area contributed by atoms with E-state index in [9.17, 15) is 0 Å². The molecule has 0 aliphatic carbocycles. The highest BCUT2D eigenvalue weighted by molar-refractivity contribution is 5.80. The Kier molecular flexibility index (Phi) is 6.17. The molecule has 6 heteroatoms. The summed E-state index contributed by atoms with van der Waals surface area (Å²) in [6, 6.07) is 9.44. The molecule has 1 N–H and O–H groups in total. The summed E-state index contributed by atoms with van der Waals surface area (Å²) in [5.74, 6) is 1.93. The van der Waals surface area contributed by atoms with Gasteiger partial charge in [0, 0.05) is 6.07 Å². The number of nitrogens with zero attached hydrogens (tertiary/aromatic N) is 3. The third kappa shape index (κ3) is 5.05. The van der Waals surface area contributed by atoms with Gasteiger partial charge in [-0.3, -0.25) is 5.43 Å². The zero-order valence-electron chi connectivity index (χ0n) is 12.8. The molecule has 0 atom stereocenters. The first-order chi connectivity index (χ1) is 10.8. The molecule has 116 valence electrons. The van der Waals surface area contributed by atoms with Crippen molar-refractivity contribution < 1.29 is 9.47 Å². The van der Waals surface area contributed by atoms with Gasteiger partial charge in [0.25, 0.3) is 0 Å². The van der Waals surface area contributed by atoms with E-state index in [1.807, 2.05) is 24.3 Å². The van der Waals surface area contributed by atoms with Crippen molar-refractivity contribution in [1.82, 2.24) is 9.97 Å². The standard InChI is InChI=1S/C16H20N4O2/c1-3-4-9-22-14-7-5-13(6-8-14)11-19-20-15-10-16(21-2)18-12-17-15/h5-8,10-12H,3-4,9H2,1-2H3,(H,17,18,20). The van der Waals surface area contributed by atoms with Gasteiger partial charge in [-0.25, -0.2) is 9.97 Å². The maximum absolute atomic E-state index is 5.61. The van der Waals surface area contributed by atoms with Crippen molar-refractivity contribution >= 4 is 12.0 Å². The van der Waals surface area contributed by atoms with E-state index in [-0.39, 0.29) is 0 Å². The highest BCUT2D eigenvalue weighted by Crippen LogP contribution is 2.12. The van der Waals surface area contributed by atoms with Crippen LogP contribution in [0.4, 0.5) is 5.82 Å². The summed E-state index contributed by atoms with van der Waals surface area (Å²) in [5.41, 5.74) is 3.80. The van der Waals surface area contributed by atoms with Crippen LogP contribution in [0.15, 0.2) is 41.8 Å². The van der Waals surface area contributed by atoms with E-state index in [0.717, 1.165) is 30.8 Å². The number of ether oxygens (including phenoxy) is 2. The van der Waals surface area contributed by atoms with Crippen LogP contribution in [0.5, 0.6) is 11.6 Å². The van der Waals surface area contributed by atoms with E-state index in [4.69, 9.17) is 9.47 Å². The highest BCUT2D eigenvalue weighted by atomic mass is 16.5. The Morgan fingerprint density at radius 2 is 2.05 bits per heavy atom. The van der Waals surface area contributed by atoms with Crippen molar-refractivity contribution in [2.45, 2.75) is 19.8 Å². The van der Waals surface area contributed by atoms with E-state index < -0.39 is 0 Å². The van der Waals surface area contributed by atoms with E-state index >= 15 is 0 Å². The van der Waals surface area contributed by atoms with Gasteiger partial charge in [-0.1, -0.05) is 13.3 Å². The number of aromatic nitrogens is 2. The second-order valence-electron chi connectivity index (χ2n) is 4.59. The number of anilines is 1. The monoisotopic (exact) mass is 300 g/mol. The Bertz CT molecular complexity index is 599. The lowest BCUT2D eigenvalue weighted by Gasteiger charge is -2.05. The summed E-state index contributed by atoms with van der Waals surface area (Å²) in [5, 5.41) is 4.13. The van der Waals surface area contributed by atoms with Crippen LogP contribution in [0.1, 0.15) is 25.3 Å². The van der Waals surface area contributed by atoms with Gasteiger partial charge in [-0.05, 0) is 36.2 Å². The number of unbranched alkanes of at least 4 members (excludes halogenated alkanes) is 1. The number of methoxy groups -OCH3 is 1. The molecule has 22 heavy (non-hydrogen) atoms. The Labute approximate surface area is 130 Å². The summed E-state index contributed by atoms with van der Waals surface area (Å²) in [6.07, 6.45) is 5.32. The molecule has 0 amide bonds. The molecule has 0 aliphatic rings. The summed E-state index contributed by atoms with van der Waals surface area (Å²) >= 11 is 0. The van der Waals surface area contributed by atoms with Crippen molar-refractivity contribution in [3.63, 3.8) is 0 Å². The first kappa shape index (κ1) is 15.8. The SMILES string of the molecule is CCCCOc1ccc(C=NNc2cc(OC)ncn2)cc1. The minimum atomic E-state index is 0.487. The van der Waals surface area contributed by atoms with Gasteiger partial charge >= 0.3 is 0 Å². The van der Waals surface area contributed by atoms with Crippen LogP contribution < -0.4 is 14.9 Å². The second kappa shape index (κ2) is 8.61. The summed E-state index contributed by atoms with van der Waals surface area (Å²) in [7, 11) is 1.56. The molecule has 0 fully saturated rings. The predicted molar refractivity (Wildman–Crippen MR) is 86.6 cm³/mol. The van der Waals surface area contributed by atoms with Crippen LogP contribution in [0, 0.1) is 0 Å². The topological polar surface area (TPSA) is 68.6 Å². The molecule has 0 saturated heterocycles. The average molecular weight is 300 g/mol. The smallest absolute Gasteiger partial charge is 0.218 e. The third-order valence-electron chi connectivity index (χ3n) is 2.89. The van der Waals surface area contributed by atoms with Crippen LogP contribution >= 0.6 is 0 Å². The minimum Gasteiger partial charge on any atom is -0.494 e. The number of hydrogen-bond donors (Lipinski definition) is 1. The molecular formula is C16H20N4O2. The van der Waals surface area contributed by atoms with Gasteiger partial charge in [0.15, 0.2) is 5.82 Å². The fourth-order valence-corrected chi connectivity index (χ4v) is 1.67. The molecule has 0 spiro atoms. The lowest BCUT2D eigenvalue weighted by molar-refractivity contribution is 0.309. The van der Waals surface area contributed by atoms with Crippen molar-refractivity contribution in [2.24, 2.45) is 5.10 Å². The van der Waals surface area contributed by atoms with Crippen LogP contribution in [-0.2, 0) is 0 Å². The zero-order chi connectivity index (χ0) is 15.6. The molecule has 1 heterocycles. The second-order valence-corrected chi connectivity index (χ2v) is 4.59. The molecule has 0 bridgehead atoms. The molecule has 0 aliphatic heterocycles. The van der Waals surface area contributed by atoms with Gasteiger partial charge < -0.3 is 9.47 Å². The number of nitrogens with one attached hydrogen (secondary N) is 1. The van der Waals surface area contributed by atoms with Gasteiger partial charge in [0.1, 0.15) is 12.1 Å². The van der Waals surface area contributed by atoms with Crippen LogP contribution in [0.3, 0.4) is 0 Å². The molecule has 1 aromatic carbocycles. The van der Waals surface area contributed by atoms with Gasteiger partial charge in [0.2, 0.25) is 5.88 Å². The van der Waals surface area contributed by atoms with Crippen LogP contribution in [-0.4, -0.2) is 29.9 Å². The Balaban J connectivity index is 1.87. The fraction of sp³-hybridized carbons (Fsp3) is 0.312. The van der Waals surface area contributed by atoms with Gasteiger partial charge in [-0.15, -0.1) is 0 Å². The van der Waals surface area contributed by atoms with E-state index in [2.05, 4.69) is 27.4 Å². The Morgan fingerprint density at radius 1 is 1.23 bits per heavy atom. The van der Waals surface area contributed by atoms with Crippen molar-refractivity contribution in [2.75, 3.05) is 19.1 Å². The number of hydrogen-bond acceptors (Lipinski definition) is 6. The summed E-state index contributed by atoms with van der Waals surface area (Å²) < 4.78 is 10.6. The summed E-state index contributed by atoms with van der Waals surface area (Å²) in [6.45, 7) is 2.89. The minimum absolute atomic E-state index is 0.487. The molecule has 2 aromatic rings. The number of hydrazone groups is 1. The van der Waals surface area contributed by atoms with Gasteiger partial charge in [-0.2, -0.15) is 5.10 Å². The van der Waals surface area contributed by atoms with Crippen LogP contribution in [0.2, 0.25) is 0 Å². The predicted octanol–water partition coefficient (Wildman–Crippen LogP) is 3.11. The normalized spacial score (nSPS) is 10.6. The molecule has 6 nitrogen and oxygen atoms in total. The molecule has 0 radical (unpaired) electrons. The van der Waals surface area contributed by atoms with E-state index in [1.54, 1.807) is 19.4 Å². The first-order valence-corrected chi connectivity index (χ1v) is 7.20. The maximum Gasteiger partial charge on any atom is 0.218 e. The summed E-state index contributed by atoms with van der Waals surface area (Å²) in [4.78, 5) is 7.96. The molecule has 2 rings (SSSR count). The number of rotatable bonds is 8. The van der Waals surface area contributed by atoms with E-state index in [1.165, 1.54) is 6.33 Å². The zero-order valence-corrected chi connectivity index (χ0v) is 12.8. The molecule has 1 aromatic heterocycles. The highest BCUT2D eigenvalue weighted by Gasteiger charge is 1.96. The van der Waals surface area contributed by atoms with Crippen molar-refractivity contribution in [1.29, 1.82) is 0 Å². The lowest BCUT2D eigenvalue weighted by Crippen LogP contribution is -1.97. The Hall–Kier alpha value is -2.63. The van der Waals surface area contributed by atoms with Crippen LogP contribution in [0.25, 0.3) is 0 Å². The molecular weight excluding hydrogens is 280 g/mol. The number of benzene rings is 1. The first-order valence-electron chi connectivity index (χ1n) is 7.20. The Morgan fingerprint density at radius 3 is 2.77 bits per heavy atom. The average Bonchev–Trinajstić information content (AvgIpc) is 2.57. The molecule has 0 saturated carbocycles. The third-order valence-corrected chi connectivity index (χ3v) is 2.89. The lowest BCUT2D eigenvalue weighted by atomic mass is 10.2. The van der Waals surface area contributed by atoms with Crippen molar-refractivity contribution in [3.05, 3.63) is 42.2 Å². The van der Waals surface area contributed by atoms with E-state index in [0.29, 0.717) is 11.7 Å². The quantitative estimate of drug-likeness (QED) is 0.461.